The maximum Gasteiger partial charge on any atom is 0.325 e. The smallest absolute Gasteiger partial charge is 0.325 e. The zero-order chi connectivity index (χ0) is 20.1. The molecule has 0 bridgehead atoms. The molecule has 0 radical (unpaired) electrons. The summed E-state index contributed by atoms with van der Waals surface area (Å²) in [5.74, 6) is -0.0122. The van der Waals surface area contributed by atoms with E-state index in [2.05, 4.69) is 15.6 Å². The van der Waals surface area contributed by atoms with Gasteiger partial charge in [0.15, 0.2) is 5.13 Å². The first-order chi connectivity index (χ1) is 13.4. The fourth-order valence-electron chi connectivity index (χ4n) is 2.81. The van der Waals surface area contributed by atoms with E-state index in [-0.39, 0.29) is 18.2 Å². The number of amides is 4. The van der Waals surface area contributed by atoms with E-state index in [1.165, 1.54) is 18.3 Å². The van der Waals surface area contributed by atoms with E-state index in [0.717, 1.165) is 0 Å². The lowest BCUT2D eigenvalue weighted by Crippen LogP contribution is -2.50. The van der Waals surface area contributed by atoms with Crippen molar-refractivity contribution in [2.24, 2.45) is 0 Å². The average Bonchev–Trinajstić information content (AvgIpc) is 3.08. The van der Waals surface area contributed by atoms with Crippen molar-refractivity contribution in [1.29, 1.82) is 0 Å². The van der Waals surface area contributed by atoms with Crippen molar-refractivity contribution in [3.8, 4) is 0 Å². The summed E-state index contributed by atoms with van der Waals surface area (Å²) in [6.45, 7) is 3.68. The normalized spacial score (nSPS) is 13.9. The minimum absolute atomic E-state index is 0.0263. The number of piperazine rings is 1. The molecule has 2 aromatic rings. The Labute approximate surface area is 171 Å². The molecule has 1 fully saturated rings. The van der Waals surface area contributed by atoms with Gasteiger partial charge in [0.1, 0.15) is 0 Å². The molecule has 28 heavy (non-hydrogen) atoms. The average molecular weight is 422 g/mol. The van der Waals surface area contributed by atoms with Gasteiger partial charge in [-0.05, 0) is 18.2 Å². The second-order valence-corrected chi connectivity index (χ2v) is 7.59. The van der Waals surface area contributed by atoms with Crippen molar-refractivity contribution in [2.75, 3.05) is 36.8 Å². The number of nitrogens with zero attached hydrogens (tertiary/aromatic N) is 3. The van der Waals surface area contributed by atoms with Crippen molar-refractivity contribution in [1.82, 2.24) is 14.8 Å². The number of carbonyl (C=O) groups excluding carboxylic acids is 3. The molecule has 0 saturated carbocycles. The van der Waals surface area contributed by atoms with Gasteiger partial charge in [0.25, 0.3) is 0 Å². The van der Waals surface area contributed by atoms with Crippen molar-refractivity contribution in [3.63, 3.8) is 0 Å². The molecule has 3 rings (SSSR count). The summed E-state index contributed by atoms with van der Waals surface area (Å²) in [7, 11) is 0. The number of aromatic nitrogens is 1. The van der Waals surface area contributed by atoms with Crippen LogP contribution >= 0.6 is 22.9 Å². The van der Waals surface area contributed by atoms with Crippen molar-refractivity contribution >= 4 is 51.6 Å². The van der Waals surface area contributed by atoms with Crippen molar-refractivity contribution < 1.29 is 14.4 Å². The first kappa shape index (κ1) is 20.1. The Kier molecular flexibility index (Phi) is 6.48. The third-order valence-electron chi connectivity index (χ3n) is 4.26. The molecule has 1 aromatic heterocycles. The van der Waals surface area contributed by atoms with Crippen LogP contribution in [0.3, 0.4) is 0 Å². The first-order valence-electron chi connectivity index (χ1n) is 8.72. The minimum Gasteiger partial charge on any atom is -0.339 e. The lowest BCUT2D eigenvalue weighted by Gasteiger charge is -2.34. The molecule has 2 N–H and O–H groups in total. The number of benzene rings is 1. The van der Waals surface area contributed by atoms with Crippen LogP contribution in [0.15, 0.2) is 29.6 Å². The molecular weight excluding hydrogens is 402 g/mol. The molecule has 2 heterocycles. The molecule has 4 amide bonds. The highest BCUT2D eigenvalue weighted by Gasteiger charge is 2.23. The number of urea groups is 1. The number of hydrogen-bond donors (Lipinski definition) is 2. The Morgan fingerprint density at radius 2 is 1.86 bits per heavy atom. The zero-order valence-corrected chi connectivity index (χ0v) is 16.8. The van der Waals surface area contributed by atoms with E-state index in [1.54, 1.807) is 39.4 Å². The highest BCUT2D eigenvalue weighted by Crippen LogP contribution is 2.18. The second kappa shape index (κ2) is 9.03. The second-order valence-electron chi connectivity index (χ2n) is 6.30. The van der Waals surface area contributed by atoms with Gasteiger partial charge >= 0.3 is 6.03 Å². The van der Waals surface area contributed by atoms with Gasteiger partial charge < -0.3 is 15.1 Å². The molecule has 1 aliphatic rings. The molecule has 1 aromatic carbocycles. The van der Waals surface area contributed by atoms with E-state index in [9.17, 15) is 14.4 Å². The van der Waals surface area contributed by atoms with Crippen LogP contribution in [0.2, 0.25) is 5.02 Å². The quantitative estimate of drug-likeness (QED) is 0.793. The number of halogens is 1. The van der Waals surface area contributed by atoms with Gasteiger partial charge in [-0.25, -0.2) is 9.78 Å². The Hall–Kier alpha value is -2.65. The van der Waals surface area contributed by atoms with E-state index in [1.807, 2.05) is 0 Å². The van der Waals surface area contributed by atoms with Crippen molar-refractivity contribution in [3.05, 3.63) is 40.4 Å². The number of rotatable bonds is 4. The fourth-order valence-corrected chi connectivity index (χ4v) is 3.70. The first-order valence-corrected chi connectivity index (χ1v) is 9.98. The molecule has 0 unspecified atom stereocenters. The van der Waals surface area contributed by atoms with Crippen molar-refractivity contribution in [2.45, 2.75) is 13.3 Å². The summed E-state index contributed by atoms with van der Waals surface area (Å²) in [6.07, 6.45) is 0.161. The SMILES string of the molecule is CC(=O)N1CCN(C(=O)Cc2csc(NC(=O)Nc3cccc(Cl)c3)n2)CC1. The van der Waals surface area contributed by atoms with E-state index in [4.69, 9.17) is 11.6 Å². The molecule has 1 aliphatic heterocycles. The van der Waals surface area contributed by atoms with Crippen LogP contribution in [0, 0.1) is 0 Å². The predicted molar refractivity (Wildman–Crippen MR) is 109 cm³/mol. The fraction of sp³-hybridized carbons (Fsp3) is 0.333. The molecular formula is C18H20ClN5O3S. The summed E-state index contributed by atoms with van der Waals surface area (Å²) >= 11 is 7.14. The topological polar surface area (TPSA) is 94.6 Å². The molecule has 1 saturated heterocycles. The van der Waals surface area contributed by atoms with Gasteiger partial charge in [-0.15, -0.1) is 11.3 Å². The molecule has 148 valence electrons. The highest BCUT2D eigenvalue weighted by molar-refractivity contribution is 7.14. The third-order valence-corrected chi connectivity index (χ3v) is 5.31. The minimum atomic E-state index is -0.435. The number of nitrogens with one attached hydrogen (secondary N) is 2. The highest BCUT2D eigenvalue weighted by atomic mass is 35.5. The van der Waals surface area contributed by atoms with Gasteiger partial charge in [0.05, 0.1) is 12.1 Å². The lowest BCUT2D eigenvalue weighted by atomic mass is 10.2. The molecule has 0 aliphatic carbocycles. The van der Waals surface area contributed by atoms with Gasteiger partial charge in [-0.1, -0.05) is 17.7 Å². The van der Waals surface area contributed by atoms with Crippen LogP contribution in [0.1, 0.15) is 12.6 Å². The van der Waals surface area contributed by atoms with Crippen LogP contribution in [0.25, 0.3) is 0 Å². The summed E-state index contributed by atoms with van der Waals surface area (Å²) in [5.41, 5.74) is 1.17. The van der Waals surface area contributed by atoms with E-state index < -0.39 is 6.03 Å². The molecule has 0 spiro atoms. The van der Waals surface area contributed by atoms with E-state index >= 15 is 0 Å². The van der Waals surface area contributed by atoms with E-state index in [0.29, 0.717) is 47.7 Å². The van der Waals surface area contributed by atoms with Crippen LogP contribution in [-0.2, 0) is 16.0 Å². The summed E-state index contributed by atoms with van der Waals surface area (Å²) in [6, 6.07) is 6.38. The predicted octanol–water partition coefficient (Wildman–Crippen LogP) is 2.67. The monoisotopic (exact) mass is 421 g/mol. The lowest BCUT2D eigenvalue weighted by molar-refractivity contribution is -0.138. The summed E-state index contributed by atoms with van der Waals surface area (Å²) in [4.78, 5) is 43.6. The Balaban J connectivity index is 1.49. The standard InChI is InChI=1S/C18H20ClN5O3S/c1-12(25)23-5-7-24(8-6-23)16(26)10-15-11-28-18(21-15)22-17(27)20-14-4-2-3-13(19)9-14/h2-4,9,11H,5-8,10H2,1H3,(H2,20,21,22,27). The summed E-state index contributed by atoms with van der Waals surface area (Å²) < 4.78 is 0. The van der Waals surface area contributed by atoms with Gasteiger partial charge in [-0.2, -0.15) is 0 Å². The maximum atomic E-state index is 12.4. The largest absolute Gasteiger partial charge is 0.339 e. The Bertz CT molecular complexity index is 880. The number of carbonyl (C=O) groups is 3. The van der Waals surface area contributed by atoms with Gasteiger partial charge in [-0.3, -0.25) is 14.9 Å². The zero-order valence-electron chi connectivity index (χ0n) is 15.3. The molecule has 0 atom stereocenters. The number of thiazole rings is 1. The Morgan fingerprint density at radius 3 is 2.54 bits per heavy atom. The van der Waals surface area contributed by atoms with Crippen LogP contribution in [0.4, 0.5) is 15.6 Å². The third kappa shape index (κ3) is 5.43. The summed E-state index contributed by atoms with van der Waals surface area (Å²) in [5, 5.41) is 8.00. The molecule has 8 nitrogen and oxygen atoms in total. The number of hydrogen-bond acceptors (Lipinski definition) is 5. The maximum absolute atomic E-state index is 12.4. The van der Waals surface area contributed by atoms with Gasteiger partial charge in [0.2, 0.25) is 11.8 Å². The van der Waals surface area contributed by atoms with Crippen LogP contribution in [-0.4, -0.2) is 58.8 Å². The van der Waals surface area contributed by atoms with Crippen LogP contribution < -0.4 is 10.6 Å². The number of anilines is 2. The molecule has 10 heteroatoms. The van der Waals surface area contributed by atoms with Gasteiger partial charge in [0, 0.05) is 49.2 Å². The van der Waals surface area contributed by atoms with Crippen LogP contribution in [0.5, 0.6) is 0 Å². The Morgan fingerprint density at radius 1 is 1.14 bits per heavy atom.